The molecule has 0 spiro atoms. The molecule has 0 aliphatic rings. The molecule has 0 saturated heterocycles. The Morgan fingerprint density at radius 1 is 1.42 bits per heavy atom. The predicted octanol–water partition coefficient (Wildman–Crippen LogP) is 2.16. The first-order chi connectivity index (χ1) is 8.72. The Morgan fingerprint density at radius 3 is 2.63 bits per heavy atom. The second kappa shape index (κ2) is 6.65. The number of hydrogen-bond acceptors (Lipinski definition) is 3. The quantitative estimate of drug-likeness (QED) is 0.846. The maximum Gasteiger partial charge on any atom is 0.242 e. The lowest BCUT2D eigenvalue weighted by atomic mass is 10.1. The van der Waals surface area contributed by atoms with E-state index in [9.17, 15) is 17.9 Å². The summed E-state index contributed by atoms with van der Waals surface area (Å²) in [5.41, 5.74) is 0. The van der Waals surface area contributed by atoms with Crippen LogP contribution in [0.25, 0.3) is 0 Å². The fourth-order valence-corrected chi connectivity index (χ4v) is 3.35. The lowest BCUT2D eigenvalue weighted by Crippen LogP contribution is -2.29. The summed E-state index contributed by atoms with van der Waals surface area (Å²) in [6, 6.07) is 3.17. The van der Waals surface area contributed by atoms with Crippen molar-refractivity contribution in [2.75, 3.05) is 6.54 Å². The maximum absolute atomic E-state index is 13.1. The van der Waals surface area contributed by atoms with Crippen LogP contribution in [0.1, 0.15) is 20.3 Å². The minimum atomic E-state index is -3.85. The normalized spacial score (nSPS) is 15.2. The van der Waals surface area contributed by atoms with Crippen LogP contribution in [-0.2, 0) is 10.0 Å². The summed E-state index contributed by atoms with van der Waals surface area (Å²) in [5, 5.41) is 9.17. The Labute approximate surface area is 117 Å². The van der Waals surface area contributed by atoms with Gasteiger partial charge < -0.3 is 5.11 Å². The molecule has 0 amide bonds. The average molecular weight is 310 g/mol. The van der Waals surface area contributed by atoms with Crippen molar-refractivity contribution in [3.05, 3.63) is 29.0 Å². The Hall–Kier alpha value is -0.690. The first-order valence-corrected chi connectivity index (χ1v) is 7.71. The summed E-state index contributed by atoms with van der Waals surface area (Å²) >= 11 is 5.75. The summed E-state index contributed by atoms with van der Waals surface area (Å²) in [6.07, 6.45) is -0.0309. The van der Waals surface area contributed by atoms with Gasteiger partial charge in [0, 0.05) is 6.54 Å². The van der Waals surface area contributed by atoms with Crippen molar-refractivity contribution in [1.82, 2.24) is 4.72 Å². The fourth-order valence-electron chi connectivity index (χ4n) is 1.68. The SMILES string of the molecule is CC(O)CC(C)CNS(=O)(=O)c1cc(F)ccc1Cl. The lowest BCUT2D eigenvalue weighted by molar-refractivity contribution is 0.165. The zero-order valence-corrected chi connectivity index (χ0v) is 12.3. The minimum Gasteiger partial charge on any atom is -0.393 e. The van der Waals surface area contributed by atoms with Crippen molar-refractivity contribution in [2.45, 2.75) is 31.3 Å². The second-order valence-electron chi connectivity index (χ2n) is 4.62. The van der Waals surface area contributed by atoms with Crippen LogP contribution in [0, 0.1) is 11.7 Å². The van der Waals surface area contributed by atoms with Crippen LogP contribution in [0.2, 0.25) is 5.02 Å². The standard InChI is InChI=1S/C12H17ClFNO3S/c1-8(5-9(2)16)7-15-19(17,18)12-6-10(14)3-4-11(12)13/h3-4,6,8-9,15-16H,5,7H2,1-2H3. The zero-order valence-electron chi connectivity index (χ0n) is 10.7. The predicted molar refractivity (Wildman–Crippen MR) is 72.1 cm³/mol. The van der Waals surface area contributed by atoms with Crippen molar-refractivity contribution < 1.29 is 17.9 Å². The number of rotatable bonds is 6. The molecule has 4 nitrogen and oxygen atoms in total. The topological polar surface area (TPSA) is 66.4 Å². The largest absolute Gasteiger partial charge is 0.393 e. The molecule has 1 aromatic rings. The van der Waals surface area contributed by atoms with Crippen LogP contribution in [0.15, 0.2) is 23.1 Å². The number of nitrogens with one attached hydrogen (secondary N) is 1. The van der Waals surface area contributed by atoms with Gasteiger partial charge in [-0.2, -0.15) is 0 Å². The number of halogens is 2. The first-order valence-electron chi connectivity index (χ1n) is 5.85. The molecular weight excluding hydrogens is 293 g/mol. The van der Waals surface area contributed by atoms with E-state index in [1.807, 2.05) is 6.92 Å². The molecule has 2 unspecified atom stereocenters. The third-order valence-corrected chi connectivity index (χ3v) is 4.45. The van der Waals surface area contributed by atoms with E-state index < -0.39 is 21.9 Å². The highest BCUT2D eigenvalue weighted by Crippen LogP contribution is 2.22. The van der Waals surface area contributed by atoms with E-state index in [-0.39, 0.29) is 22.4 Å². The van der Waals surface area contributed by atoms with Crippen molar-refractivity contribution in [2.24, 2.45) is 5.92 Å². The lowest BCUT2D eigenvalue weighted by Gasteiger charge is -2.15. The van der Waals surface area contributed by atoms with E-state index >= 15 is 0 Å². The molecule has 0 aliphatic carbocycles. The minimum absolute atomic E-state index is 0.0305. The van der Waals surface area contributed by atoms with Crippen LogP contribution in [0.4, 0.5) is 4.39 Å². The molecule has 108 valence electrons. The number of sulfonamides is 1. The van der Waals surface area contributed by atoms with Gasteiger partial charge in [0.2, 0.25) is 10.0 Å². The van der Waals surface area contributed by atoms with Gasteiger partial charge in [-0.3, -0.25) is 0 Å². The van der Waals surface area contributed by atoms with E-state index in [2.05, 4.69) is 4.72 Å². The molecule has 0 bridgehead atoms. The van der Waals surface area contributed by atoms with Gasteiger partial charge in [-0.15, -0.1) is 0 Å². The van der Waals surface area contributed by atoms with Gasteiger partial charge in [0.1, 0.15) is 10.7 Å². The van der Waals surface area contributed by atoms with Crippen molar-refractivity contribution in [3.8, 4) is 0 Å². The molecule has 7 heteroatoms. The maximum atomic E-state index is 13.1. The molecule has 19 heavy (non-hydrogen) atoms. The zero-order chi connectivity index (χ0) is 14.6. The van der Waals surface area contributed by atoms with Crippen molar-refractivity contribution in [3.63, 3.8) is 0 Å². The van der Waals surface area contributed by atoms with Crippen molar-refractivity contribution in [1.29, 1.82) is 0 Å². The van der Waals surface area contributed by atoms with Gasteiger partial charge in [-0.1, -0.05) is 18.5 Å². The highest BCUT2D eigenvalue weighted by atomic mass is 35.5. The highest BCUT2D eigenvalue weighted by molar-refractivity contribution is 7.89. The van der Waals surface area contributed by atoms with Crippen LogP contribution < -0.4 is 4.72 Å². The van der Waals surface area contributed by atoms with Crippen LogP contribution >= 0.6 is 11.6 Å². The average Bonchev–Trinajstić information content (AvgIpc) is 2.29. The molecular formula is C12H17ClFNO3S. The van der Waals surface area contributed by atoms with Crippen LogP contribution in [0.5, 0.6) is 0 Å². The van der Waals surface area contributed by atoms with Crippen molar-refractivity contribution >= 4 is 21.6 Å². The fraction of sp³-hybridized carbons (Fsp3) is 0.500. The Morgan fingerprint density at radius 2 is 2.05 bits per heavy atom. The number of aliphatic hydroxyl groups excluding tert-OH is 1. The number of benzene rings is 1. The van der Waals surface area contributed by atoms with Crippen LogP contribution in [-0.4, -0.2) is 26.2 Å². The third kappa shape index (κ3) is 5.06. The Kier molecular flexibility index (Phi) is 5.73. The van der Waals surface area contributed by atoms with E-state index in [0.29, 0.717) is 6.42 Å². The molecule has 2 N–H and O–H groups in total. The first kappa shape index (κ1) is 16.4. The van der Waals surface area contributed by atoms with Gasteiger partial charge in [0.05, 0.1) is 11.1 Å². The summed E-state index contributed by atoms with van der Waals surface area (Å²) in [6.45, 7) is 3.59. The molecule has 1 rings (SSSR count). The molecule has 2 atom stereocenters. The number of hydrogen-bond donors (Lipinski definition) is 2. The van der Waals surface area contributed by atoms with Gasteiger partial charge in [-0.25, -0.2) is 17.5 Å². The molecule has 0 radical (unpaired) electrons. The monoisotopic (exact) mass is 309 g/mol. The third-order valence-electron chi connectivity index (χ3n) is 2.55. The highest BCUT2D eigenvalue weighted by Gasteiger charge is 2.19. The van der Waals surface area contributed by atoms with Gasteiger partial charge in [0.25, 0.3) is 0 Å². The molecule has 0 aliphatic heterocycles. The number of aliphatic hydroxyl groups is 1. The van der Waals surface area contributed by atoms with E-state index in [1.165, 1.54) is 6.07 Å². The van der Waals surface area contributed by atoms with E-state index in [1.54, 1.807) is 6.92 Å². The molecule has 0 aromatic heterocycles. The molecule has 0 fully saturated rings. The molecule has 0 saturated carbocycles. The van der Waals surface area contributed by atoms with E-state index in [0.717, 1.165) is 12.1 Å². The summed E-state index contributed by atoms with van der Waals surface area (Å²) in [5.74, 6) is -0.705. The van der Waals surface area contributed by atoms with E-state index in [4.69, 9.17) is 11.6 Å². The second-order valence-corrected chi connectivity index (χ2v) is 6.76. The molecule has 1 aromatic carbocycles. The van der Waals surface area contributed by atoms with Gasteiger partial charge in [0.15, 0.2) is 0 Å². The summed E-state index contributed by atoms with van der Waals surface area (Å²) < 4.78 is 39.4. The van der Waals surface area contributed by atoms with Crippen LogP contribution in [0.3, 0.4) is 0 Å². The Balaban J connectivity index is 2.79. The summed E-state index contributed by atoms with van der Waals surface area (Å²) in [7, 11) is -3.85. The van der Waals surface area contributed by atoms with Gasteiger partial charge >= 0.3 is 0 Å². The smallest absolute Gasteiger partial charge is 0.242 e. The molecule has 0 heterocycles. The Bertz CT molecular complexity index is 534. The van der Waals surface area contributed by atoms with Gasteiger partial charge in [-0.05, 0) is 37.5 Å². The summed E-state index contributed by atoms with van der Waals surface area (Å²) in [4.78, 5) is -0.279.